The molecule has 0 radical (unpaired) electrons. The molecule has 19 heavy (non-hydrogen) atoms. The predicted octanol–water partition coefficient (Wildman–Crippen LogP) is 3.34. The molecule has 0 saturated heterocycles. The summed E-state index contributed by atoms with van der Waals surface area (Å²) in [7, 11) is 1.89. The second-order valence-corrected chi connectivity index (χ2v) is 4.72. The lowest BCUT2D eigenvalue weighted by molar-refractivity contribution is 0.473. The Morgan fingerprint density at radius 1 is 1.21 bits per heavy atom. The Hall–Kier alpha value is -1.87. The molecule has 3 heteroatoms. The van der Waals surface area contributed by atoms with Crippen LogP contribution in [0.5, 0.6) is 5.75 Å². The van der Waals surface area contributed by atoms with Gasteiger partial charge < -0.3 is 10.4 Å². The van der Waals surface area contributed by atoms with Crippen LogP contribution in [0.15, 0.2) is 42.5 Å². The van der Waals surface area contributed by atoms with Gasteiger partial charge >= 0.3 is 0 Å². The van der Waals surface area contributed by atoms with Crippen molar-refractivity contribution in [2.24, 2.45) is 0 Å². The fourth-order valence-corrected chi connectivity index (χ4v) is 2.32. The van der Waals surface area contributed by atoms with Crippen molar-refractivity contribution in [3.8, 4) is 5.75 Å². The number of likely N-dealkylation sites (N-methyl/N-ethyl adjacent to an activating group) is 1. The zero-order valence-corrected chi connectivity index (χ0v) is 11.2. The Morgan fingerprint density at radius 2 is 2.00 bits per heavy atom. The molecule has 0 aliphatic carbocycles. The lowest BCUT2D eigenvalue weighted by Crippen LogP contribution is -2.19. The van der Waals surface area contributed by atoms with E-state index in [1.165, 1.54) is 6.07 Å². The third-order valence-electron chi connectivity index (χ3n) is 3.31. The van der Waals surface area contributed by atoms with Gasteiger partial charge in [-0.2, -0.15) is 0 Å². The number of halogens is 1. The summed E-state index contributed by atoms with van der Waals surface area (Å²) >= 11 is 0. The number of aromatic hydroxyl groups is 1. The molecule has 1 unspecified atom stereocenters. The molecule has 2 N–H and O–H groups in total. The molecule has 0 amide bonds. The molecule has 0 aliphatic heterocycles. The lowest BCUT2D eigenvalue weighted by Gasteiger charge is -2.19. The maximum absolute atomic E-state index is 13.1. The van der Waals surface area contributed by atoms with Crippen LogP contribution in [0.4, 0.5) is 4.39 Å². The number of hydrogen-bond donors (Lipinski definition) is 2. The first kappa shape index (κ1) is 13.6. The van der Waals surface area contributed by atoms with E-state index in [0.717, 1.165) is 23.1 Å². The number of phenolic OH excluding ortho intramolecular Hbond substituents is 1. The van der Waals surface area contributed by atoms with Crippen molar-refractivity contribution >= 4 is 0 Å². The highest BCUT2D eigenvalue weighted by Crippen LogP contribution is 2.23. The van der Waals surface area contributed by atoms with Crippen molar-refractivity contribution in [2.75, 3.05) is 7.05 Å². The van der Waals surface area contributed by atoms with Crippen LogP contribution >= 0.6 is 0 Å². The molecule has 0 spiro atoms. The Bertz CT molecular complexity index is 568. The van der Waals surface area contributed by atoms with Crippen molar-refractivity contribution in [2.45, 2.75) is 19.4 Å². The Kier molecular flexibility index (Phi) is 4.17. The quantitative estimate of drug-likeness (QED) is 0.882. The zero-order chi connectivity index (χ0) is 13.8. The van der Waals surface area contributed by atoms with E-state index in [4.69, 9.17) is 0 Å². The minimum absolute atomic E-state index is 0.0994. The van der Waals surface area contributed by atoms with Crippen molar-refractivity contribution in [1.82, 2.24) is 5.32 Å². The van der Waals surface area contributed by atoms with E-state index < -0.39 is 0 Å². The SMILES string of the molecule is CNC(Cc1cccc(O)c1)c1ccc(F)cc1C. The normalized spacial score (nSPS) is 12.4. The fraction of sp³-hybridized carbons (Fsp3) is 0.250. The summed E-state index contributed by atoms with van der Waals surface area (Å²) in [6.07, 6.45) is 0.747. The highest BCUT2D eigenvalue weighted by Gasteiger charge is 2.13. The summed E-state index contributed by atoms with van der Waals surface area (Å²) in [6.45, 7) is 1.91. The van der Waals surface area contributed by atoms with Crippen molar-refractivity contribution in [1.29, 1.82) is 0 Å². The van der Waals surface area contributed by atoms with Crippen LogP contribution in [0.2, 0.25) is 0 Å². The average Bonchev–Trinajstić information content (AvgIpc) is 2.37. The first-order chi connectivity index (χ1) is 9.10. The average molecular weight is 259 g/mol. The van der Waals surface area contributed by atoms with E-state index in [9.17, 15) is 9.50 Å². The van der Waals surface area contributed by atoms with Crippen LogP contribution in [0.3, 0.4) is 0 Å². The van der Waals surface area contributed by atoms with Gasteiger partial charge in [0, 0.05) is 6.04 Å². The summed E-state index contributed by atoms with van der Waals surface area (Å²) in [5, 5.41) is 12.7. The van der Waals surface area contributed by atoms with Crippen LogP contribution in [-0.2, 0) is 6.42 Å². The minimum Gasteiger partial charge on any atom is -0.508 e. The maximum Gasteiger partial charge on any atom is 0.123 e. The van der Waals surface area contributed by atoms with Gasteiger partial charge in [-0.1, -0.05) is 18.2 Å². The number of phenols is 1. The molecule has 2 rings (SSSR count). The van der Waals surface area contributed by atoms with Crippen LogP contribution in [-0.4, -0.2) is 12.2 Å². The van der Waals surface area contributed by atoms with Gasteiger partial charge in [-0.15, -0.1) is 0 Å². The molecular weight excluding hydrogens is 241 g/mol. The van der Waals surface area contributed by atoms with Gasteiger partial charge in [0.1, 0.15) is 11.6 Å². The predicted molar refractivity (Wildman–Crippen MR) is 74.7 cm³/mol. The topological polar surface area (TPSA) is 32.3 Å². The standard InChI is InChI=1S/C16H18FNO/c1-11-8-13(17)6-7-15(11)16(18-2)10-12-4-3-5-14(19)9-12/h3-9,16,18-19H,10H2,1-2H3. The van der Waals surface area contributed by atoms with Crippen LogP contribution in [0.25, 0.3) is 0 Å². The monoisotopic (exact) mass is 259 g/mol. The first-order valence-electron chi connectivity index (χ1n) is 6.31. The van der Waals surface area contributed by atoms with Gasteiger partial charge in [0.15, 0.2) is 0 Å². The Balaban J connectivity index is 2.25. The molecule has 0 saturated carbocycles. The third kappa shape index (κ3) is 3.32. The molecule has 1 atom stereocenters. The van der Waals surface area contributed by atoms with Gasteiger partial charge in [0.2, 0.25) is 0 Å². The van der Waals surface area contributed by atoms with Crippen molar-refractivity contribution in [3.63, 3.8) is 0 Å². The Morgan fingerprint density at radius 3 is 2.63 bits per heavy atom. The first-order valence-corrected chi connectivity index (χ1v) is 6.31. The second-order valence-electron chi connectivity index (χ2n) is 4.72. The molecule has 0 aliphatic rings. The van der Waals surface area contributed by atoms with E-state index in [2.05, 4.69) is 5.32 Å². The van der Waals surface area contributed by atoms with Crippen molar-refractivity contribution in [3.05, 3.63) is 65.0 Å². The molecule has 2 nitrogen and oxygen atoms in total. The molecule has 0 bridgehead atoms. The maximum atomic E-state index is 13.1. The van der Waals surface area contributed by atoms with E-state index in [0.29, 0.717) is 0 Å². The largest absolute Gasteiger partial charge is 0.508 e. The smallest absolute Gasteiger partial charge is 0.123 e. The van der Waals surface area contributed by atoms with Gasteiger partial charge in [0.25, 0.3) is 0 Å². The van der Waals surface area contributed by atoms with Gasteiger partial charge in [-0.25, -0.2) is 4.39 Å². The molecular formula is C16H18FNO. The van der Waals surface area contributed by atoms with Gasteiger partial charge in [-0.3, -0.25) is 0 Å². The Labute approximate surface area is 112 Å². The number of hydrogen-bond acceptors (Lipinski definition) is 2. The van der Waals surface area contributed by atoms with Crippen molar-refractivity contribution < 1.29 is 9.50 Å². The molecule has 0 aromatic heterocycles. The van der Waals surface area contributed by atoms with Gasteiger partial charge in [-0.05, 0) is 61.3 Å². The number of aryl methyl sites for hydroxylation is 1. The number of nitrogens with one attached hydrogen (secondary N) is 1. The number of benzene rings is 2. The van der Waals surface area contributed by atoms with Crippen LogP contribution < -0.4 is 5.32 Å². The summed E-state index contributed by atoms with van der Waals surface area (Å²) < 4.78 is 13.1. The fourth-order valence-electron chi connectivity index (χ4n) is 2.32. The molecule has 2 aromatic rings. The van der Waals surface area contributed by atoms with Crippen LogP contribution in [0.1, 0.15) is 22.7 Å². The van der Waals surface area contributed by atoms with Crippen LogP contribution in [0, 0.1) is 12.7 Å². The summed E-state index contributed by atoms with van der Waals surface area (Å²) in [6, 6.07) is 12.1. The van der Waals surface area contributed by atoms with Gasteiger partial charge in [0.05, 0.1) is 0 Å². The second kappa shape index (κ2) is 5.85. The molecule has 100 valence electrons. The lowest BCUT2D eigenvalue weighted by atomic mass is 9.95. The highest BCUT2D eigenvalue weighted by molar-refractivity contribution is 5.33. The number of rotatable bonds is 4. The molecule has 0 fully saturated rings. The third-order valence-corrected chi connectivity index (χ3v) is 3.31. The molecule has 0 heterocycles. The zero-order valence-electron chi connectivity index (χ0n) is 11.2. The van der Waals surface area contributed by atoms with E-state index in [1.807, 2.05) is 32.2 Å². The van der Waals surface area contributed by atoms with E-state index >= 15 is 0 Å². The van der Waals surface area contributed by atoms with E-state index in [-0.39, 0.29) is 17.6 Å². The summed E-state index contributed by atoms with van der Waals surface area (Å²) in [4.78, 5) is 0. The molecule has 2 aromatic carbocycles. The minimum atomic E-state index is -0.214. The summed E-state index contributed by atoms with van der Waals surface area (Å²) in [5.74, 6) is 0.0524. The highest BCUT2D eigenvalue weighted by atomic mass is 19.1. The summed E-state index contributed by atoms with van der Waals surface area (Å²) in [5.41, 5.74) is 3.05. The van der Waals surface area contributed by atoms with E-state index in [1.54, 1.807) is 18.2 Å².